The molecular formula is C21H21ClFN3O4. The Balaban J connectivity index is 1.48. The van der Waals surface area contributed by atoms with Crippen LogP contribution in [-0.2, 0) is 14.3 Å². The highest BCUT2D eigenvalue weighted by molar-refractivity contribution is 6.31. The first-order valence-electron chi connectivity index (χ1n) is 9.63. The molecule has 1 unspecified atom stereocenters. The summed E-state index contributed by atoms with van der Waals surface area (Å²) >= 11 is 5.78. The Morgan fingerprint density at radius 2 is 1.93 bits per heavy atom. The van der Waals surface area contributed by atoms with Gasteiger partial charge in [-0.25, -0.2) is 4.39 Å². The van der Waals surface area contributed by atoms with Gasteiger partial charge in [0.25, 0.3) is 5.91 Å². The molecule has 0 radical (unpaired) electrons. The summed E-state index contributed by atoms with van der Waals surface area (Å²) in [5, 5.41) is 2.64. The molecule has 2 aliphatic heterocycles. The second-order valence-electron chi connectivity index (χ2n) is 7.07. The van der Waals surface area contributed by atoms with Gasteiger partial charge in [0, 0.05) is 18.8 Å². The Labute approximate surface area is 178 Å². The summed E-state index contributed by atoms with van der Waals surface area (Å²) < 4.78 is 24.6. The van der Waals surface area contributed by atoms with E-state index in [1.807, 2.05) is 23.1 Å². The number of morpholine rings is 1. The number of hydrogen-bond acceptors (Lipinski definition) is 5. The van der Waals surface area contributed by atoms with Crippen LogP contribution in [0.3, 0.4) is 0 Å². The van der Waals surface area contributed by atoms with E-state index in [-0.39, 0.29) is 29.9 Å². The lowest BCUT2D eigenvalue weighted by Gasteiger charge is -2.38. The van der Waals surface area contributed by atoms with Crippen LogP contribution in [0.25, 0.3) is 0 Å². The predicted molar refractivity (Wildman–Crippen MR) is 111 cm³/mol. The highest BCUT2D eigenvalue weighted by atomic mass is 35.5. The van der Waals surface area contributed by atoms with Gasteiger partial charge in [0.15, 0.2) is 6.10 Å². The Morgan fingerprint density at radius 3 is 2.70 bits per heavy atom. The zero-order valence-electron chi connectivity index (χ0n) is 16.1. The molecule has 2 heterocycles. The molecule has 1 N–H and O–H groups in total. The molecule has 0 aromatic heterocycles. The molecule has 2 aromatic rings. The van der Waals surface area contributed by atoms with Crippen molar-refractivity contribution in [2.75, 3.05) is 49.6 Å². The van der Waals surface area contributed by atoms with Crippen LogP contribution in [0, 0.1) is 5.82 Å². The van der Waals surface area contributed by atoms with Crippen LogP contribution in [0.5, 0.6) is 5.75 Å². The molecule has 9 heteroatoms. The Hall–Kier alpha value is -2.84. The van der Waals surface area contributed by atoms with Gasteiger partial charge in [-0.3, -0.25) is 9.59 Å². The number of fused-ring (bicyclic) bond motifs is 1. The summed E-state index contributed by atoms with van der Waals surface area (Å²) in [5.41, 5.74) is 1.13. The van der Waals surface area contributed by atoms with Crippen LogP contribution < -0.4 is 15.0 Å². The normalized spacial score (nSPS) is 18.4. The minimum atomic E-state index is -0.717. The number of rotatable bonds is 4. The van der Waals surface area contributed by atoms with Crippen molar-refractivity contribution in [3.63, 3.8) is 0 Å². The predicted octanol–water partition coefficient (Wildman–Crippen LogP) is 2.54. The summed E-state index contributed by atoms with van der Waals surface area (Å²) in [6.45, 7) is 2.29. The van der Waals surface area contributed by atoms with Gasteiger partial charge in [0.1, 0.15) is 11.6 Å². The minimum Gasteiger partial charge on any atom is -0.477 e. The summed E-state index contributed by atoms with van der Waals surface area (Å²) in [7, 11) is 0. The Morgan fingerprint density at radius 1 is 1.17 bits per heavy atom. The van der Waals surface area contributed by atoms with Crippen molar-refractivity contribution in [2.24, 2.45) is 0 Å². The maximum Gasteiger partial charge on any atom is 0.265 e. The number of benzene rings is 2. The highest BCUT2D eigenvalue weighted by Crippen LogP contribution is 2.33. The van der Waals surface area contributed by atoms with Crippen molar-refractivity contribution < 1.29 is 23.5 Å². The standard InChI is InChI=1S/C21H21ClFN3O4/c22-15-11-14(5-6-16(15)23)24-20(27)13-26-12-19(21(28)25-7-9-29-10-8-25)30-18-4-2-1-3-17(18)26/h1-6,11,19H,7-10,12-13H2,(H,24,27). The van der Waals surface area contributed by atoms with Crippen LogP contribution in [0.2, 0.25) is 5.02 Å². The van der Waals surface area contributed by atoms with E-state index in [4.69, 9.17) is 21.1 Å². The first kappa shape index (κ1) is 20.4. The van der Waals surface area contributed by atoms with Crippen LogP contribution in [0.4, 0.5) is 15.8 Å². The largest absolute Gasteiger partial charge is 0.477 e. The second kappa shape index (κ2) is 8.89. The van der Waals surface area contributed by atoms with Crippen LogP contribution in [0.1, 0.15) is 0 Å². The number of amides is 2. The third-order valence-corrected chi connectivity index (χ3v) is 5.29. The van der Waals surface area contributed by atoms with E-state index in [2.05, 4.69) is 5.32 Å². The van der Waals surface area contributed by atoms with E-state index in [0.29, 0.717) is 37.7 Å². The van der Waals surface area contributed by atoms with Crippen molar-refractivity contribution in [3.8, 4) is 5.75 Å². The van der Waals surface area contributed by atoms with Gasteiger partial charge >= 0.3 is 0 Å². The molecule has 1 atom stereocenters. The molecule has 158 valence electrons. The summed E-state index contributed by atoms with van der Waals surface area (Å²) in [5.74, 6) is -0.440. The minimum absolute atomic E-state index is 0.00224. The lowest BCUT2D eigenvalue weighted by molar-refractivity contribution is -0.142. The van der Waals surface area contributed by atoms with Gasteiger partial charge in [-0.2, -0.15) is 0 Å². The van der Waals surface area contributed by atoms with E-state index in [1.54, 1.807) is 11.0 Å². The number of hydrogen-bond donors (Lipinski definition) is 1. The van der Waals surface area contributed by atoms with Crippen LogP contribution >= 0.6 is 11.6 Å². The molecule has 1 fully saturated rings. The van der Waals surface area contributed by atoms with Gasteiger partial charge in [0.2, 0.25) is 5.91 Å². The van der Waals surface area contributed by atoms with Gasteiger partial charge in [0.05, 0.1) is 37.0 Å². The quantitative estimate of drug-likeness (QED) is 0.802. The monoisotopic (exact) mass is 433 g/mol. The first-order chi connectivity index (χ1) is 14.5. The lowest BCUT2D eigenvalue weighted by Crippen LogP contribution is -2.53. The van der Waals surface area contributed by atoms with E-state index in [0.717, 1.165) is 5.69 Å². The number of nitrogens with zero attached hydrogens (tertiary/aromatic N) is 2. The molecule has 30 heavy (non-hydrogen) atoms. The molecule has 2 aliphatic rings. The molecule has 0 bridgehead atoms. The molecule has 0 saturated carbocycles. The van der Waals surface area contributed by atoms with Crippen molar-refractivity contribution in [2.45, 2.75) is 6.10 Å². The molecule has 1 saturated heterocycles. The number of ether oxygens (including phenoxy) is 2. The zero-order chi connectivity index (χ0) is 21.1. The number of halogens is 2. The van der Waals surface area contributed by atoms with E-state index < -0.39 is 11.9 Å². The summed E-state index contributed by atoms with van der Waals surface area (Å²) in [6, 6.07) is 11.3. The van der Waals surface area contributed by atoms with Crippen molar-refractivity contribution in [1.29, 1.82) is 0 Å². The average Bonchev–Trinajstić information content (AvgIpc) is 2.76. The lowest BCUT2D eigenvalue weighted by atomic mass is 10.1. The fourth-order valence-corrected chi connectivity index (χ4v) is 3.70. The number of carbonyl (C=O) groups is 2. The van der Waals surface area contributed by atoms with E-state index >= 15 is 0 Å². The zero-order valence-corrected chi connectivity index (χ0v) is 16.9. The Bertz CT molecular complexity index is 952. The van der Waals surface area contributed by atoms with E-state index in [9.17, 15) is 14.0 Å². The fraction of sp³-hybridized carbons (Fsp3) is 0.333. The molecule has 2 amide bonds. The number of carbonyl (C=O) groups excluding carboxylic acids is 2. The molecule has 0 spiro atoms. The Kier molecular flexibility index (Phi) is 6.06. The maximum absolute atomic E-state index is 13.3. The SMILES string of the molecule is O=C(CN1CC(C(=O)N2CCOCC2)Oc2ccccc21)Nc1ccc(F)c(Cl)c1. The first-order valence-corrected chi connectivity index (χ1v) is 10.0. The van der Waals surface area contributed by atoms with E-state index in [1.165, 1.54) is 18.2 Å². The van der Waals surface area contributed by atoms with Crippen LogP contribution in [-0.4, -0.2) is 62.2 Å². The number of anilines is 2. The van der Waals surface area contributed by atoms with Gasteiger partial charge in [-0.1, -0.05) is 23.7 Å². The molecule has 4 rings (SSSR count). The van der Waals surface area contributed by atoms with Crippen molar-refractivity contribution >= 4 is 34.8 Å². The van der Waals surface area contributed by atoms with Gasteiger partial charge < -0.3 is 24.6 Å². The smallest absolute Gasteiger partial charge is 0.265 e. The fourth-order valence-electron chi connectivity index (χ4n) is 3.52. The molecule has 2 aromatic carbocycles. The average molecular weight is 434 g/mol. The summed E-state index contributed by atoms with van der Waals surface area (Å²) in [6.07, 6.45) is -0.717. The van der Waals surface area contributed by atoms with Crippen LogP contribution in [0.15, 0.2) is 42.5 Å². The topological polar surface area (TPSA) is 71.1 Å². The third-order valence-electron chi connectivity index (χ3n) is 5.00. The molecular weight excluding hydrogens is 413 g/mol. The second-order valence-corrected chi connectivity index (χ2v) is 7.48. The third kappa shape index (κ3) is 4.49. The summed E-state index contributed by atoms with van der Waals surface area (Å²) in [4.78, 5) is 29.1. The number of para-hydroxylation sites is 2. The molecule has 0 aliphatic carbocycles. The van der Waals surface area contributed by atoms with Crippen molar-refractivity contribution in [3.05, 3.63) is 53.3 Å². The maximum atomic E-state index is 13.3. The highest BCUT2D eigenvalue weighted by Gasteiger charge is 2.34. The van der Waals surface area contributed by atoms with Gasteiger partial charge in [-0.05, 0) is 30.3 Å². The van der Waals surface area contributed by atoms with Crippen molar-refractivity contribution in [1.82, 2.24) is 4.90 Å². The van der Waals surface area contributed by atoms with Gasteiger partial charge in [-0.15, -0.1) is 0 Å². The molecule has 7 nitrogen and oxygen atoms in total. The number of nitrogens with one attached hydrogen (secondary N) is 1.